The van der Waals surface area contributed by atoms with Crippen LogP contribution < -0.4 is 0 Å². The Morgan fingerprint density at radius 3 is 1.60 bits per heavy atom. The van der Waals surface area contributed by atoms with E-state index in [1.54, 1.807) is 0 Å². The Balaban J connectivity index is 4.65. The predicted octanol–water partition coefficient (Wildman–Crippen LogP) is 3.84. The van der Waals surface area contributed by atoms with Crippen molar-refractivity contribution in [1.82, 2.24) is 0 Å². The Labute approximate surface area is 106 Å². The molecule has 0 radical (unpaired) electrons. The molecule has 0 bridgehead atoms. The zero-order valence-electron chi connectivity index (χ0n) is 11.4. The number of hydrogen-bond acceptors (Lipinski definition) is 1. The van der Waals surface area contributed by atoms with Crippen LogP contribution in [0.5, 0.6) is 0 Å². The molecule has 0 aromatic rings. The normalized spacial score (nSPS) is 15.1. The molecule has 0 aliphatic heterocycles. The summed E-state index contributed by atoms with van der Waals surface area (Å²) >= 11 is 4.34. The SMILES string of the molecule is CC(C)S([SiH2]CCCS)(C(C)C)C(C)C. The van der Waals surface area contributed by atoms with Crippen LogP contribution in [-0.2, 0) is 0 Å². The average molecular weight is 267 g/mol. The molecule has 0 atom stereocenters. The molecule has 0 aromatic carbocycles. The molecule has 0 spiro atoms. The zero-order valence-corrected chi connectivity index (χ0v) is 14.5. The lowest BCUT2D eigenvalue weighted by molar-refractivity contribution is 0.961. The molecule has 0 heterocycles. The van der Waals surface area contributed by atoms with Crippen LogP contribution in [0.25, 0.3) is 0 Å². The van der Waals surface area contributed by atoms with Crippen LogP contribution in [0.2, 0.25) is 6.04 Å². The zero-order chi connectivity index (χ0) is 12.1. The molecule has 0 N–H and O–H groups in total. The van der Waals surface area contributed by atoms with Crippen molar-refractivity contribution in [3.63, 3.8) is 0 Å². The first-order valence-corrected chi connectivity index (χ1v) is 11.6. The third-order valence-corrected chi connectivity index (χ3v) is 19.6. The molecular weight excluding hydrogens is 236 g/mol. The van der Waals surface area contributed by atoms with Crippen molar-refractivity contribution in [2.45, 2.75) is 69.8 Å². The minimum absolute atomic E-state index is 0.0995. The first kappa shape index (κ1) is 15.9. The summed E-state index contributed by atoms with van der Waals surface area (Å²) in [6.07, 6.45) is 1.34. The van der Waals surface area contributed by atoms with E-state index in [2.05, 4.69) is 54.2 Å². The molecule has 0 saturated heterocycles. The molecule has 94 valence electrons. The summed E-state index contributed by atoms with van der Waals surface area (Å²) in [5.41, 5.74) is 0. The van der Waals surface area contributed by atoms with Gasteiger partial charge in [0.1, 0.15) is 0 Å². The summed E-state index contributed by atoms with van der Waals surface area (Å²) in [5, 5.41) is 2.76. The van der Waals surface area contributed by atoms with Gasteiger partial charge in [0.2, 0.25) is 0 Å². The lowest BCUT2D eigenvalue weighted by Crippen LogP contribution is -2.33. The van der Waals surface area contributed by atoms with Crippen molar-refractivity contribution < 1.29 is 0 Å². The van der Waals surface area contributed by atoms with Crippen LogP contribution in [0.15, 0.2) is 0 Å². The van der Waals surface area contributed by atoms with Crippen molar-refractivity contribution in [3.05, 3.63) is 0 Å². The highest BCUT2D eigenvalue weighted by molar-refractivity contribution is 8.53. The maximum absolute atomic E-state index is 4.34. The first-order valence-electron chi connectivity index (χ1n) is 6.28. The molecule has 0 aromatic heterocycles. The van der Waals surface area contributed by atoms with Gasteiger partial charge in [0.25, 0.3) is 0 Å². The third kappa shape index (κ3) is 4.01. The fourth-order valence-corrected chi connectivity index (χ4v) is 15.4. The Morgan fingerprint density at radius 1 is 0.933 bits per heavy atom. The Kier molecular flexibility index (Phi) is 7.73. The Bertz CT molecular complexity index is 145. The maximum atomic E-state index is 4.34. The first-order chi connectivity index (χ1) is 6.89. The smallest absolute Gasteiger partial charge is 0.0665 e. The third-order valence-electron chi connectivity index (χ3n) is 3.54. The van der Waals surface area contributed by atoms with E-state index in [0.29, 0.717) is 0 Å². The molecule has 0 aliphatic rings. The number of hydrogen-bond donors (Lipinski definition) is 1. The standard InChI is InChI=1S/C12H30S2Si/c1-10(2)14(11(3)4,12(5)6)15-9-7-8-13/h10-13H,7-9,15H2,1-6H3. The van der Waals surface area contributed by atoms with Gasteiger partial charge in [-0.3, -0.25) is 9.48 Å². The van der Waals surface area contributed by atoms with E-state index in [-0.39, 0.29) is 18.1 Å². The molecule has 0 nitrogen and oxygen atoms in total. The summed E-state index contributed by atoms with van der Waals surface area (Å²) in [6.45, 7) is 14.8. The van der Waals surface area contributed by atoms with Crippen LogP contribution in [0.3, 0.4) is 0 Å². The summed E-state index contributed by atoms with van der Waals surface area (Å²) < 4.78 is 0. The second-order valence-electron chi connectivity index (χ2n) is 5.19. The second kappa shape index (κ2) is 7.28. The van der Waals surface area contributed by atoms with Crippen LogP contribution in [-0.4, -0.2) is 30.2 Å². The van der Waals surface area contributed by atoms with Crippen LogP contribution >= 0.6 is 22.1 Å². The quantitative estimate of drug-likeness (QED) is 0.404. The minimum atomic E-state index is -0.314. The van der Waals surface area contributed by atoms with E-state index in [0.717, 1.165) is 21.5 Å². The summed E-state index contributed by atoms with van der Waals surface area (Å²) in [5.74, 6) is 1.08. The van der Waals surface area contributed by atoms with Gasteiger partial charge in [-0.2, -0.15) is 12.6 Å². The second-order valence-corrected chi connectivity index (χ2v) is 15.6. The fraction of sp³-hybridized carbons (Fsp3) is 1.00. The highest BCUT2D eigenvalue weighted by Gasteiger charge is 2.33. The van der Waals surface area contributed by atoms with Gasteiger partial charge < -0.3 is 0 Å². The van der Waals surface area contributed by atoms with Crippen molar-refractivity contribution >= 4 is 30.8 Å². The molecule has 0 aliphatic carbocycles. The molecule has 0 saturated carbocycles. The van der Waals surface area contributed by atoms with Gasteiger partial charge >= 0.3 is 0 Å². The summed E-state index contributed by atoms with van der Waals surface area (Å²) in [7, 11) is -0.214. The van der Waals surface area contributed by atoms with E-state index in [1.165, 1.54) is 12.5 Å². The van der Waals surface area contributed by atoms with Crippen molar-refractivity contribution in [2.75, 3.05) is 5.75 Å². The van der Waals surface area contributed by atoms with Crippen molar-refractivity contribution in [3.8, 4) is 0 Å². The van der Waals surface area contributed by atoms with E-state index in [9.17, 15) is 0 Å². The van der Waals surface area contributed by atoms with Gasteiger partial charge in [0.15, 0.2) is 0 Å². The van der Waals surface area contributed by atoms with Crippen LogP contribution in [0.1, 0.15) is 48.0 Å². The highest BCUT2D eigenvalue weighted by Crippen LogP contribution is 2.59. The maximum Gasteiger partial charge on any atom is 0.0665 e. The van der Waals surface area contributed by atoms with Gasteiger partial charge in [0.05, 0.1) is 8.67 Å². The molecule has 0 rings (SSSR count). The molecule has 3 heteroatoms. The van der Waals surface area contributed by atoms with Crippen molar-refractivity contribution in [2.24, 2.45) is 0 Å². The summed E-state index contributed by atoms with van der Waals surface area (Å²) in [4.78, 5) is 0. The highest BCUT2D eigenvalue weighted by atomic mass is 32.4. The largest absolute Gasteiger partial charge is 0.252 e. The number of thiol groups is 1. The Hall–Kier alpha value is 0.917. The predicted molar refractivity (Wildman–Crippen MR) is 84.8 cm³/mol. The number of rotatable bonds is 7. The van der Waals surface area contributed by atoms with Gasteiger partial charge in [-0.15, -0.1) is 0 Å². The lowest BCUT2D eigenvalue weighted by Gasteiger charge is -2.52. The molecular formula is C12H30S2Si. The Morgan fingerprint density at radius 2 is 1.33 bits per heavy atom. The van der Waals surface area contributed by atoms with Gasteiger partial charge in [0, 0.05) is 0 Å². The van der Waals surface area contributed by atoms with E-state index in [4.69, 9.17) is 0 Å². The average Bonchev–Trinajstić information content (AvgIpc) is 2.10. The van der Waals surface area contributed by atoms with Gasteiger partial charge in [-0.25, -0.2) is 0 Å². The topological polar surface area (TPSA) is 0 Å². The lowest BCUT2D eigenvalue weighted by atomic mass is 10.5. The molecule has 0 fully saturated rings. The van der Waals surface area contributed by atoms with E-state index in [1.807, 2.05) is 0 Å². The van der Waals surface area contributed by atoms with E-state index >= 15 is 0 Å². The van der Waals surface area contributed by atoms with Gasteiger partial charge in [-0.1, -0.05) is 47.6 Å². The molecule has 15 heavy (non-hydrogen) atoms. The monoisotopic (exact) mass is 266 g/mol. The molecule has 0 unspecified atom stereocenters. The van der Waals surface area contributed by atoms with Crippen LogP contribution in [0.4, 0.5) is 0 Å². The van der Waals surface area contributed by atoms with E-state index < -0.39 is 0 Å². The van der Waals surface area contributed by atoms with Gasteiger partial charge in [-0.05, 0) is 27.9 Å². The fourth-order valence-electron chi connectivity index (χ4n) is 2.80. The van der Waals surface area contributed by atoms with Crippen LogP contribution in [0, 0.1) is 0 Å². The molecule has 0 amide bonds. The summed E-state index contributed by atoms with van der Waals surface area (Å²) in [6, 6.07) is 1.51. The minimum Gasteiger partial charge on any atom is -0.252 e. The van der Waals surface area contributed by atoms with Crippen molar-refractivity contribution in [1.29, 1.82) is 0 Å².